The number of hydrogen-bond donors (Lipinski definition) is 0. The van der Waals surface area contributed by atoms with Crippen LogP contribution in [-0.4, -0.2) is 36.2 Å². The number of thiazole rings is 1. The third-order valence-electron chi connectivity index (χ3n) is 4.20. The molecule has 24 heavy (non-hydrogen) atoms. The molecule has 1 aromatic heterocycles. The molecule has 3 rings (SSSR count). The largest absolute Gasteiger partial charge is 0.490 e. The number of hydrogen-bond acceptors (Lipinski definition) is 5. The molecule has 5 heteroatoms. The van der Waals surface area contributed by atoms with Crippen molar-refractivity contribution >= 4 is 11.3 Å². The maximum atomic E-state index is 5.72. The van der Waals surface area contributed by atoms with Crippen LogP contribution in [0.3, 0.4) is 0 Å². The summed E-state index contributed by atoms with van der Waals surface area (Å²) in [6.07, 6.45) is 4.00. The van der Waals surface area contributed by atoms with Crippen molar-refractivity contribution in [2.75, 3.05) is 26.3 Å². The van der Waals surface area contributed by atoms with Crippen LogP contribution in [-0.2, 0) is 6.54 Å². The Morgan fingerprint density at radius 2 is 1.79 bits per heavy atom. The molecule has 2 aromatic rings. The summed E-state index contributed by atoms with van der Waals surface area (Å²) in [5, 5.41) is 3.34. The van der Waals surface area contributed by atoms with Crippen LogP contribution in [0.15, 0.2) is 23.6 Å². The molecule has 2 heterocycles. The molecule has 0 N–H and O–H groups in total. The fourth-order valence-corrected chi connectivity index (χ4v) is 3.88. The van der Waals surface area contributed by atoms with Crippen molar-refractivity contribution in [3.05, 3.63) is 28.6 Å². The highest BCUT2D eigenvalue weighted by atomic mass is 32.1. The summed E-state index contributed by atoms with van der Waals surface area (Å²) in [5.74, 6) is 1.59. The van der Waals surface area contributed by atoms with Gasteiger partial charge in [-0.1, -0.05) is 6.42 Å². The maximum absolute atomic E-state index is 5.72. The predicted octanol–water partition coefficient (Wildman–Crippen LogP) is 4.59. The van der Waals surface area contributed by atoms with Crippen LogP contribution in [0.2, 0.25) is 0 Å². The highest BCUT2D eigenvalue weighted by molar-refractivity contribution is 7.09. The molecule has 0 bridgehead atoms. The summed E-state index contributed by atoms with van der Waals surface area (Å²) in [7, 11) is 0. The highest BCUT2D eigenvalue weighted by Gasteiger charge is 2.14. The maximum Gasteiger partial charge on any atom is 0.161 e. The molecule has 0 unspecified atom stereocenters. The molecule has 0 amide bonds. The lowest BCUT2D eigenvalue weighted by Gasteiger charge is -2.25. The van der Waals surface area contributed by atoms with Gasteiger partial charge >= 0.3 is 0 Å². The molecule has 4 nitrogen and oxygen atoms in total. The van der Waals surface area contributed by atoms with Crippen LogP contribution < -0.4 is 9.47 Å². The Morgan fingerprint density at radius 1 is 1.04 bits per heavy atom. The Bertz CT molecular complexity index is 651. The molecule has 0 spiro atoms. The number of nitrogens with zero attached hydrogens (tertiary/aromatic N) is 2. The monoisotopic (exact) mass is 346 g/mol. The molecule has 1 fully saturated rings. The van der Waals surface area contributed by atoms with E-state index >= 15 is 0 Å². The van der Waals surface area contributed by atoms with Gasteiger partial charge in [0.25, 0.3) is 0 Å². The zero-order valence-corrected chi connectivity index (χ0v) is 15.4. The number of ether oxygens (including phenoxy) is 2. The van der Waals surface area contributed by atoms with E-state index in [0.717, 1.165) is 29.3 Å². The average molecular weight is 346 g/mol. The van der Waals surface area contributed by atoms with Gasteiger partial charge in [-0.3, -0.25) is 4.90 Å². The van der Waals surface area contributed by atoms with Crippen molar-refractivity contribution in [1.82, 2.24) is 9.88 Å². The Balaban J connectivity index is 1.75. The van der Waals surface area contributed by atoms with E-state index in [-0.39, 0.29) is 0 Å². The smallest absolute Gasteiger partial charge is 0.161 e. The summed E-state index contributed by atoms with van der Waals surface area (Å²) >= 11 is 1.75. The Labute approximate surface area is 148 Å². The van der Waals surface area contributed by atoms with Gasteiger partial charge < -0.3 is 9.47 Å². The van der Waals surface area contributed by atoms with E-state index in [9.17, 15) is 0 Å². The minimum Gasteiger partial charge on any atom is -0.490 e. The molecular weight excluding hydrogens is 320 g/mol. The molecule has 1 aromatic carbocycles. The summed E-state index contributed by atoms with van der Waals surface area (Å²) < 4.78 is 11.4. The number of piperidine rings is 1. The highest BCUT2D eigenvalue weighted by Crippen LogP contribution is 2.33. The average Bonchev–Trinajstić information content (AvgIpc) is 3.06. The summed E-state index contributed by atoms with van der Waals surface area (Å²) in [4.78, 5) is 7.34. The van der Waals surface area contributed by atoms with Gasteiger partial charge in [0.05, 0.1) is 25.5 Å². The van der Waals surface area contributed by atoms with E-state index in [2.05, 4.69) is 16.3 Å². The van der Waals surface area contributed by atoms with E-state index in [4.69, 9.17) is 14.5 Å². The molecule has 0 aliphatic carbocycles. The molecule has 0 radical (unpaired) electrons. The number of benzene rings is 1. The predicted molar refractivity (Wildman–Crippen MR) is 99.0 cm³/mol. The lowest BCUT2D eigenvalue weighted by atomic mass is 10.1. The SMILES string of the molecule is CCOc1ccc(-c2csc(CN3CCCCC3)n2)cc1OCC. The van der Waals surface area contributed by atoms with Gasteiger partial charge in [-0.05, 0) is 58.0 Å². The fourth-order valence-electron chi connectivity index (χ4n) is 3.04. The van der Waals surface area contributed by atoms with Crippen molar-refractivity contribution in [3.63, 3.8) is 0 Å². The summed E-state index contributed by atoms with van der Waals surface area (Å²) in [5.41, 5.74) is 2.11. The van der Waals surface area contributed by atoms with Crippen LogP contribution in [0.1, 0.15) is 38.1 Å². The molecule has 1 aliphatic rings. The molecule has 1 aliphatic heterocycles. The van der Waals surface area contributed by atoms with Crippen LogP contribution in [0.4, 0.5) is 0 Å². The second-order valence-corrected chi connectivity index (χ2v) is 6.93. The van der Waals surface area contributed by atoms with Crippen molar-refractivity contribution in [3.8, 4) is 22.8 Å². The second-order valence-electron chi connectivity index (χ2n) is 5.99. The van der Waals surface area contributed by atoms with Crippen LogP contribution in [0.5, 0.6) is 11.5 Å². The third kappa shape index (κ3) is 4.28. The second kappa shape index (κ2) is 8.49. The molecule has 0 atom stereocenters. The van der Waals surface area contributed by atoms with Gasteiger partial charge in [0.1, 0.15) is 5.01 Å². The van der Waals surface area contributed by atoms with Crippen molar-refractivity contribution in [1.29, 1.82) is 0 Å². The topological polar surface area (TPSA) is 34.6 Å². The Hall–Kier alpha value is -1.59. The number of likely N-dealkylation sites (tertiary alicyclic amines) is 1. The van der Waals surface area contributed by atoms with Crippen LogP contribution in [0, 0.1) is 0 Å². The lowest BCUT2D eigenvalue weighted by Crippen LogP contribution is -2.28. The van der Waals surface area contributed by atoms with E-state index in [0.29, 0.717) is 13.2 Å². The minimum atomic E-state index is 0.626. The number of aromatic nitrogens is 1. The van der Waals surface area contributed by atoms with Crippen LogP contribution in [0.25, 0.3) is 11.3 Å². The summed E-state index contributed by atoms with van der Waals surface area (Å²) in [6, 6.07) is 6.08. The first-order valence-electron chi connectivity index (χ1n) is 8.87. The Morgan fingerprint density at radius 3 is 2.54 bits per heavy atom. The zero-order valence-electron chi connectivity index (χ0n) is 14.6. The van der Waals surface area contributed by atoms with Gasteiger partial charge in [-0.15, -0.1) is 11.3 Å². The van der Waals surface area contributed by atoms with Crippen molar-refractivity contribution in [2.24, 2.45) is 0 Å². The van der Waals surface area contributed by atoms with E-state index < -0.39 is 0 Å². The molecule has 0 saturated carbocycles. The first kappa shape index (κ1) is 17.2. The van der Waals surface area contributed by atoms with E-state index in [1.54, 1.807) is 11.3 Å². The normalized spacial score (nSPS) is 15.4. The molecule has 130 valence electrons. The standard InChI is InChI=1S/C19H26N2O2S/c1-3-22-17-9-8-15(12-18(17)23-4-2)16-14-24-19(20-16)13-21-10-6-5-7-11-21/h8-9,12,14H,3-7,10-11,13H2,1-2H3. The quantitative estimate of drug-likeness (QED) is 0.734. The van der Waals surface area contributed by atoms with Gasteiger partial charge in [0.15, 0.2) is 11.5 Å². The third-order valence-corrected chi connectivity index (χ3v) is 5.03. The van der Waals surface area contributed by atoms with Crippen LogP contribution >= 0.6 is 11.3 Å². The minimum absolute atomic E-state index is 0.626. The van der Waals surface area contributed by atoms with Crippen molar-refractivity contribution < 1.29 is 9.47 Å². The first-order chi connectivity index (χ1) is 11.8. The molecule has 1 saturated heterocycles. The first-order valence-corrected chi connectivity index (χ1v) is 9.75. The van der Waals surface area contributed by atoms with E-state index in [1.807, 2.05) is 26.0 Å². The van der Waals surface area contributed by atoms with Crippen molar-refractivity contribution in [2.45, 2.75) is 39.7 Å². The molecular formula is C19H26N2O2S. The fraction of sp³-hybridized carbons (Fsp3) is 0.526. The van der Waals surface area contributed by atoms with Gasteiger partial charge in [-0.25, -0.2) is 4.98 Å². The summed E-state index contributed by atoms with van der Waals surface area (Å²) in [6.45, 7) is 8.61. The van der Waals surface area contributed by atoms with Gasteiger partial charge in [0, 0.05) is 10.9 Å². The van der Waals surface area contributed by atoms with Gasteiger partial charge in [-0.2, -0.15) is 0 Å². The van der Waals surface area contributed by atoms with Gasteiger partial charge in [0.2, 0.25) is 0 Å². The van der Waals surface area contributed by atoms with E-state index in [1.165, 1.54) is 37.4 Å². The number of rotatable bonds is 7. The Kier molecular flexibility index (Phi) is 6.10. The zero-order chi connectivity index (χ0) is 16.8. The lowest BCUT2D eigenvalue weighted by molar-refractivity contribution is 0.220.